The molecule has 2 rings (SSSR count). The highest BCUT2D eigenvalue weighted by molar-refractivity contribution is 9.10. The Labute approximate surface area is 127 Å². The van der Waals surface area contributed by atoms with E-state index in [9.17, 15) is 0 Å². The van der Waals surface area contributed by atoms with Crippen molar-refractivity contribution >= 4 is 27.5 Å². The van der Waals surface area contributed by atoms with Crippen LogP contribution in [-0.2, 0) is 0 Å². The van der Waals surface area contributed by atoms with Gasteiger partial charge in [-0.3, -0.25) is 0 Å². The van der Waals surface area contributed by atoms with Crippen molar-refractivity contribution in [3.8, 4) is 0 Å². The Kier molecular flexibility index (Phi) is 5.08. The Bertz CT molecular complexity index is 553. The first-order chi connectivity index (χ1) is 9.11. The van der Waals surface area contributed by atoms with E-state index in [1.54, 1.807) is 0 Å². The van der Waals surface area contributed by atoms with E-state index in [1.165, 1.54) is 0 Å². The van der Waals surface area contributed by atoms with Crippen LogP contribution in [0, 0.1) is 6.92 Å². The van der Waals surface area contributed by atoms with Crippen LogP contribution in [0.1, 0.15) is 36.3 Å². The largest absolute Gasteiger partial charge is 0.452 e. The molecule has 1 heterocycles. The van der Waals surface area contributed by atoms with Gasteiger partial charge in [0.2, 0.25) is 0 Å². The number of hydrogen-bond acceptors (Lipinski definition) is 2. The lowest BCUT2D eigenvalue weighted by Gasteiger charge is -2.17. The van der Waals surface area contributed by atoms with Gasteiger partial charge in [0, 0.05) is 5.02 Å². The maximum Gasteiger partial charge on any atom is 0.169 e. The Hall–Kier alpha value is -0.770. The summed E-state index contributed by atoms with van der Waals surface area (Å²) in [5, 5.41) is 4.29. The van der Waals surface area contributed by atoms with Crippen LogP contribution in [0.3, 0.4) is 0 Å². The second-order valence-electron chi connectivity index (χ2n) is 4.54. The minimum Gasteiger partial charge on any atom is -0.452 e. The zero-order chi connectivity index (χ0) is 13.8. The van der Waals surface area contributed by atoms with Crippen molar-refractivity contribution in [3.05, 3.63) is 56.9 Å². The van der Waals surface area contributed by atoms with Crippen LogP contribution in [0.5, 0.6) is 0 Å². The highest BCUT2D eigenvalue weighted by Gasteiger charge is 2.17. The first-order valence-electron chi connectivity index (χ1n) is 6.36. The number of rotatable bonds is 5. The number of hydrogen-bond donors (Lipinski definition) is 1. The second kappa shape index (κ2) is 6.60. The second-order valence-corrected chi connectivity index (χ2v) is 5.73. The van der Waals surface area contributed by atoms with Crippen LogP contribution in [0.2, 0.25) is 5.02 Å². The Morgan fingerprint density at radius 3 is 2.68 bits per heavy atom. The summed E-state index contributed by atoms with van der Waals surface area (Å²) in [6.45, 7) is 5.10. The molecule has 0 aliphatic rings. The Balaban J connectivity index is 2.33. The molecule has 1 atom stereocenters. The summed E-state index contributed by atoms with van der Waals surface area (Å²) in [4.78, 5) is 0. The van der Waals surface area contributed by atoms with Gasteiger partial charge in [-0.25, -0.2) is 0 Å². The van der Waals surface area contributed by atoms with Gasteiger partial charge in [0.05, 0.1) is 6.04 Å². The average Bonchev–Trinajstić information content (AvgIpc) is 2.80. The molecule has 0 amide bonds. The lowest BCUT2D eigenvalue weighted by molar-refractivity contribution is 0.433. The topological polar surface area (TPSA) is 25.2 Å². The van der Waals surface area contributed by atoms with Crippen LogP contribution in [-0.4, -0.2) is 6.54 Å². The lowest BCUT2D eigenvalue weighted by Crippen LogP contribution is -2.22. The van der Waals surface area contributed by atoms with Crippen molar-refractivity contribution in [2.24, 2.45) is 0 Å². The molecule has 19 heavy (non-hydrogen) atoms. The van der Waals surface area contributed by atoms with Gasteiger partial charge < -0.3 is 9.73 Å². The standard InChI is InChI=1S/C15H17BrClNO/c1-3-8-18-15(13-6-7-14(16)19-13)11-4-5-12(17)10(2)9-11/h4-7,9,15,18H,3,8H2,1-2H3. The van der Waals surface area contributed by atoms with E-state index >= 15 is 0 Å². The Morgan fingerprint density at radius 2 is 2.11 bits per heavy atom. The summed E-state index contributed by atoms with van der Waals surface area (Å²) < 4.78 is 6.44. The number of halogens is 2. The van der Waals surface area contributed by atoms with Crippen molar-refractivity contribution in [2.45, 2.75) is 26.3 Å². The zero-order valence-electron chi connectivity index (χ0n) is 11.0. The van der Waals surface area contributed by atoms with E-state index in [0.29, 0.717) is 0 Å². The molecular formula is C15H17BrClNO. The van der Waals surface area contributed by atoms with Crippen molar-refractivity contribution < 1.29 is 4.42 Å². The third kappa shape index (κ3) is 3.62. The quantitative estimate of drug-likeness (QED) is 0.818. The molecule has 1 aromatic carbocycles. The first kappa shape index (κ1) is 14.6. The summed E-state index contributed by atoms with van der Waals surface area (Å²) in [6, 6.07) is 10.0. The normalized spacial score (nSPS) is 12.6. The fraction of sp³-hybridized carbons (Fsp3) is 0.333. The van der Waals surface area contributed by atoms with Gasteiger partial charge in [0.25, 0.3) is 0 Å². The smallest absolute Gasteiger partial charge is 0.169 e. The summed E-state index contributed by atoms with van der Waals surface area (Å²) >= 11 is 9.44. The van der Waals surface area contributed by atoms with Crippen LogP contribution in [0.25, 0.3) is 0 Å². The number of aryl methyl sites for hydroxylation is 1. The van der Waals surface area contributed by atoms with Gasteiger partial charge in [-0.2, -0.15) is 0 Å². The molecule has 4 heteroatoms. The van der Waals surface area contributed by atoms with Crippen molar-refractivity contribution in [1.29, 1.82) is 0 Å². The Morgan fingerprint density at radius 1 is 1.32 bits per heavy atom. The molecule has 2 nitrogen and oxygen atoms in total. The monoisotopic (exact) mass is 341 g/mol. The van der Waals surface area contributed by atoms with Crippen LogP contribution in [0.4, 0.5) is 0 Å². The van der Waals surface area contributed by atoms with Crippen LogP contribution < -0.4 is 5.32 Å². The highest BCUT2D eigenvalue weighted by Crippen LogP contribution is 2.28. The SMILES string of the molecule is CCCNC(c1ccc(Cl)c(C)c1)c1ccc(Br)o1. The van der Waals surface area contributed by atoms with Gasteiger partial charge in [0.1, 0.15) is 5.76 Å². The van der Waals surface area contributed by atoms with Crippen molar-refractivity contribution in [2.75, 3.05) is 6.54 Å². The van der Waals surface area contributed by atoms with Crippen molar-refractivity contribution in [1.82, 2.24) is 5.32 Å². The predicted octanol–water partition coefficient (Wildman–Crippen LogP) is 5.09. The van der Waals surface area contributed by atoms with Gasteiger partial charge in [-0.15, -0.1) is 0 Å². The molecule has 0 bridgehead atoms. The summed E-state index contributed by atoms with van der Waals surface area (Å²) in [6.07, 6.45) is 1.07. The molecule has 0 saturated heterocycles. The fourth-order valence-corrected chi connectivity index (χ4v) is 2.44. The number of furan rings is 1. The molecular weight excluding hydrogens is 326 g/mol. The lowest BCUT2D eigenvalue weighted by atomic mass is 10.0. The van der Waals surface area contributed by atoms with Crippen LogP contribution in [0.15, 0.2) is 39.4 Å². The molecule has 1 unspecified atom stereocenters. The van der Waals surface area contributed by atoms with E-state index in [-0.39, 0.29) is 6.04 Å². The molecule has 0 radical (unpaired) electrons. The van der Waals surface area contributed by atoms with Gasteiger partial charge in [0.15, 0.2) is 4.67 Å². The van der Waals surface area contributed by atoms with Gasteiger partial charge in [-0.1, -0.05) is 30.7 Å². The third-order valence-electron chi connectivity index (χ3n) is 2.99. The average molecular weight is 343 g/mol. The molecule has 0 spiro atoms. The third-order valence-corrected chi connectivity index (χ3v) is 3.84. The maximum atomic E-state index is 6.09. The zero-order valence-corrected chi connectivity index (χ0v) is 13.4. The fourth-order valence-electron chi connectivity index (χ4n) is 2.00. The first-order valence-corrected chi connectivity index (χ1v) is 7.53. The molecule has 0 aliphatic heterocycles. The summed E-state index contributed by atoms with van der Waals surface area (Å²) in [5.41, 5.74) is 2.24. The number of benzene rings is 1. The van der Waals surface area contributed by atoms with E-state index in [4.69, 9.17) is 16.0 Å². The summed E-state index contributed by atoms with van der Waals surface area (Å²) in [5.74, 6) is 0.905. The minimum atomic E-state index is 0.0576. The predicted molar refractivity (Wildman–Crippen MR) is 82.7 cm³/mol. The molecule has 2 aromatic rings. The van der Waals surface area contributed by atoms with E-state index in [2.05, 4.69) is 34.2 Å². The highest BCUT2D eigenvalue weighted by atomic mass is 79.9. The van der Waals surface area contributed by atoms with Gasteiger partial charge >= 0.3 is 0 Å². The van der Waals surface area contributed by atoms with E-state index < -0.39 is 0 Å². The minimum absolute atomic E-state index is 0.0576. The molecule has 0 aliphatic carbocycles. The summed E-state index contributed by atoms with van der Waals surface area (Å²) in [7, 11) is 0. The maximum absolute atomic E-state index is 6.09. The van der Waals surface area contributed by atoms with E-state index in [1.807, 2.05) is 31.2 Å². The molecule has 0 fully saturated rings. The molecule has 1 aromatic heterocycles. The van der Waals surface area contributed by atoms with Crippen LogP contribution >= 0.6 is 27.5 Å². The number of nitrogens with one attached hydrogen (secondary N) is 1. The van der Waals surface area contributed by atoms with Crippen molar-refractivity contribution in [3.63, 3.8) is 0 Å². The molecule has 1 N–H and O–H groups in total. The molecule has 0 saturated carbocycles. The van der Waals surface area contributed by atoms with E-state index in [0.717, 1.165) is 39.5 Å². The van der Waals surface area contributed by atoms with Gasteiger partial charge in [-0.05, 0) is 65.1 Å². The molecule has 102 valence electrons.